The summed E-state index contributed by atoms with van der Waals surface area (Å²) >= 11 is 2.83. The van der Waals surface area contributed by atoms with Gasteiger partial charge in [-0.2, -0.15) is 13.2 Å². The summed E-state index contributed by atoms with van der Waals surface area (Å²) in [7, 11) is 0. The van der Waals surface area contributed by atoms with Crippen LogP contribution in [0.25, 0.3) is 0 Å². The van der Waals surface area contributed by atoms with E-state index >= 15 is 0 Å². The van der Waals surface area contributed by atoms with Gasteiger partial charge in [0.2, 0.25) is 0 Å². The Balaban J connectivity index is 2.30. The maximum absolute atomic E-state index is 13.0. The summed E-state index contributed by atoms with van der Waals surface area (Å²) in [6.45, 7) is 3.15. The molecule has 1 atom stereocenters. The van der Waals surface area contributed by atoms with E-state index in [1.807, 2.05) is 0 Å². The van der Waals surface area contributed by atoms with Crippen LogP contribution in [0.15, 0.2) is 34.0 Å². The highest BCUT2D eigenvalue weighted by Gasteiger charge is 2.36. The molecule has 1 aliphatic heterocycles. The summed E-state index contributed by atoms with van der Waals surface area (Å²) < 4.78 is 43.8. The number of esters is 1. The molecule has 0 fully saturated rings. The molecule has 0 saturated heterocycles. The van der Waals surface area contributed by atoms with Gasteiger partial charge in [0.1, 0.15) is 5.76 Å². The monoisotopic (exact) mass is 435 g/mol. The number of rotatable bonds is 3. The molecule has 0 radical (unpaired) electrons. The summed E-state index contributed by atoms with van der Waals surface area (Å²) in [5, 5.41) is 10.1. The molecular formula is C17H17BrF3NO4. The number of carbonyl (C=O) groups excluding carboxylic acids is 2. The number of aliphatic hydroxyl groups excluding tert-OH is 1. The van der Waals surface area contributed by atoms with Crippen molar-refractivity contribution in [3.8, 4) is 0 Å². The minimum atomic E-state index is -4.61. The Hall–Kier alpha value is -2.03. The van der Waals surface area contributed by atoms with Crippen LogP contribution in [-0.2, 0) is 15.7 Å². The van der Waals surface area contributed by atoms with E-state index in [1.54, 1.807) is 13.8 Å². The number of hydrogen-bond donors (Lipinski definition) is 1. The van der Waals surface area contributed by atoms with Crippen molar-refractivity contribution in [2.75, 3.05) is 13.2 Å². The molecule has 0 saturated carbocycles. The van der Waals surface area contributed by atoms with Gasteiger partial charge in [-0.25, -0.2) is 4.79 Å². The minimum Gasteiger partial charge on any atom is -0.510 e. The van der Waals surface area contributed by atoms with E-state index in [0.29, 0.717) is 0 Å². The molecule has 5 nitrogen and oxygen atoms in total. The summed E-state index contributed by atoms with van der Waals surface area (Å²) in [6.07, 6.45) is -4.55. The number of aliphatic hydroxyl groups is 1. The number of hydrogen-bond acceptors (Lipinski definition) is 4. The van der Waals surface area contributed by atoms with E-state index in [-0.39, 0.29) is 40.9 Å². The van der Waals surface area contributed by atoms with E-state index in [0.717, 1.165) is 12.1 Å². The average molecular weight is 436 g/mol. The van der Waals surface area contributed by atoms with Crippen molar-refractivity contribution in [3.05, 3.63) is 45.1 Å². The number of alkyl halides is 3. The first-order valence-corrected chi connectivity index (χ1v) is 8.61. The van der Waals surface area contributed by atoms with E-state index in [1.165, 1.54) is 11.0 Å². The normalized spacial score (nSPS) is 18.1. The fraction of sp³-hybridized carbons (Fsp3) is 0.412. The van der Waals surface area contributed by atoms with Gasteiger partial charge in [0.05, 0.1) is 24.3 Å². The molecule has 0 bridgehead atoms. The van der Waals surface area contributed by atoms with Gasteiger partial charge in [-0.05, 0) is 32.0 Å². The maximum Gasteiger partial charge on any atom is 0.417 e. The first kappa shape index (κ1) is 20.3. The van der Waals surface area contributed by atoms with Crippen LogP contribution in [-0.4, -0.2) is 41.1 Å². The second-order valence-electron chi connectivity index (χ2n) is 5.82. The molecule has 1 aromatic carbocycles. The molecule has 0 aromatic heterocycles. The van der Waals surface area contributed by atoms with Crippen LogP contribution in [0.1, 0.15) is 36.2 Å². The van der Waals surface area contributed by atoms with Crippen LogP contribution < -0.4 is 0 Å². The highest BCUT2D eigenvalue weighted by atomic mass is 79.9. The number of nitrogens with zero attached hydrogens (tertiary/aromatic N) is 1. The highest BCUT2D eigenvalue weighted by molar-refractivity contribution is 9.10. The summed E-state index contributed by atoms with van der Waals surface area (Å²) in [6, 6.07) is 2.71. The third-order valence-corrected chi connectivity index (χ3v) is 4.69. The van der Waals surface area contributed by atoms with E-state index in [2.05, 4.69) is 15.9 Å². The van der Waals surface area contributed by atoms with Crippen molar-refractivity contribution in [1.29, 1.82) is 0 Å². The lowest BCUT2D eigenvalue weighted by molar-refractivity contribution is -0.139. The predicted molar refractivity (Wildman–Crippen MR) is 90.5 cm³/mol. The molecule has 0 aliphatic carbocycles. The number of ether oxygens (including phenoxy) is 1. The van der Waals surface area contributed by atoms with Gasteiger partial charge >= 0.3 is 12.1 Å². The number of benzene rings is 1. The first-order chi connectivity index (χ1) is 12.1. The van der Waals surface area contributed by atoms with Gasteiger partial charge < -0.3 is 14.7 Å². The zero-order chi connectivity index (χ0) is 19.6. The quantitative estimate of drug-likeness (QED) is 0.726. The van der Waals surface area contributed by atoms with Crippen LogP contribution >= 0.6 is 15.9 Å². The second-order valence-corrected chi connectivity index (χ2v) is 6.68. The number of amides is 1. The lowest BCUT2D eigenvalue weighted by Gasteiger charge is -2.34. The van der Waals surface area contributed by atoms with Crippen molar-refractivity contribution >= 4 is 27.8 Å². The van der Waals surface area contributed by atoms with Gasteiger partial charge in [0, 0.05) is 22.5 Å². The maximum atomic E-state index is 13.0. The molecule has 142 valence electrons. The van der Waals surface area contributed by atoms with Crippen LogP contribution in [0.3, 0.4) is 0 Å². The summed E-state index contributed by atoms with van der Waals surface area (Å²) in [5.41, 5.74) is -1.03. The lowest BCUT2D eigenvalue weighted by Crippen LogP contribution is -2.44. The van der Waals surface area contributed by atoms with Crippen LogP contribution in [0.2, 0.25) is 0 Å². The molecule has 1 aromatic rings. The largest absolute Gasteiger partial charge is 0.510 e. The smallest absolute Gasteiger partial charge is 0.417 e. The zero-order valence-electron chi connectivity index (χ0n) is 14.1. The first-order valence-electron chi connectivity index (χ1n) is 7.82. The standard InChI is InChI=1S/C17H17BrF3NO4/c1-3-26-16(25)11-6-9(2)22(8-14(11)23)15(24)10-4-5-13(18)12(7-10)17(19,20)21/h4-5,7,9,23H,3,6,8H2,1-2H3. The molecule has 1 unspecified atom stereocenters. The van der Waals surface area contributed by atoms with E-state index in [4.69, 9.17) is 4.74 Å². The minimum absolute atomic E-state index is 0.0546. The number of halogens is 4. The Bertz CT molecular complexity index is 761. The fourth-order valence-corrected chi connectivity index (χ4v) is 3.14. The molecule has 9 heteroatoms. The second kappa shape index (κ2) is 7.69. The Morgan fingerprint density at radius 1 is 1.38 bits per heavy atom. The third-order valence-electron chi connectivity index (χ3n) is 4.00. The number of carbonyl (C=O) groups is 2. The lowest BCUT2D eigenvalue weighted by atomic mass is 9.98. The molecule has 26 heavy (non-hydrogen) atoms. The predicted octanol–water partition coefficient (Wildman–Crippen LogP) is 4.08. The van der Waals surface area contributed by atoms with Crippen LogP contribution in [0.5, 0.6) is 0 Å². The summed E-state index contributed by atoms with van der Waals surface area (Å²) in [4.78, 5) is 25.7. The highest BCUT2D eigenvalue weighted by Crippen LogP contribution is 2.36. The van der Waals surface area contributed by atoms with Crippen molar-refractivity contribution in [2.45, 2.75) is 32.5 Å². The molecule has 1 heterocycles. The topological polar surface area (TPSA) is 66.8 Å². The van der Waals surface area contributed by atoms with Gasteiger partial charge in [-0.15, -0.1) is 0 Å². The molecule has 1 N–H and O–H groups in total. The third kappa shape index (κ3) is 4.20. The Kier molecular flexibility index (Phi) is 6.00. The molecule has 2 rings (SSSR count). The zero-order valence-corrected chi connectivity index (χ0v) is 15.6. The van der Waals surface area contributed by atoms with Gasteiger partial charge in [-0.1, -0.05) is 15.9 Å². The Morgan fingerprint density at radius 3 is 2.62 bits per heavy atom. The van der Waals surface area contributed by atoms with Gasteiger partial charge in [0.25, 0.3) is 5.91 Å². The van der Waals surface area contributed by atoms with Crippen molar-refractivity contribution in [3.63, 3.8) is 0 Å². The molecule has 1 amide bonds. The van der Waals surface area contributed by atoms with E-state index < -0.39 is 29.7 Å². The van der Waals surface area contributed by atoms with Crippen molar-refractivity contribution < 1.29 is 32.6 Å². The molecular weight excluding hydrogens is 419 g/mol. The summed E-state index contributed by atoms with van der Waals surface area (Å²) in [5.74, 6) is -1.64. The van der Waals surface area contributed by atoms with Crippen LogP contribution in [0.4, 0.5) is 13.2 Å². The Morgan fingerprint density at radius 2 is 2.04 bits per heavy atom. The molecule has 0 spiro atoms. The van der Waals surface area contributed by atoms with Crippen LogP contribution in [0, 0.1) is 0 Å². The fourth-order valence-electron chi connectivity index (χ4n) is 2.67. The van der Waals surface area contributed by atoms with Gasteiger partial charge in [-0.3, -0.25) is 4.79 Å². The van der Waals surface area contributed by atoms with E-state index in [9.17, 15) is 27.9 Å². The Labute approximate surface area is 156 Å². The molecule has 1 aliphatic rings. The van der Waals surface area contributed by atoms with Crippen molar-refractivity contribution in [1.82, 2.24) is 4.90 Å². The van der Waals surface area contributed by atoms with Crippen molar-refractivity contribution in [2.24, 2.45) is 0 Å². The van der Waals surface area contributed by atoms with Gasteiger partial charge in [0.15, 0.2) is 0 Å². The SMILES string of the molecule is CCOC(=O)C1=C(O)CN(C(=O)c2ccc(Br)c(C(F)(F)F)c2)C(C)C1. The average Bonchev–Trinajstić information content (AvgIpc) is 2.55.